The SMILES string of the molecule is CCCc1nc2ccc(C=CC(N)=O)cc2c(-c2ccc(C)cc2)c1CNC(=O)OC(C)(C)C. The fraction of sp³-hybridized carbons (Fsp3) is 0.321. The minimum absolute atomic E-state index is 0.289. The number of fused-ring (bicyclic) bond motifs is 1. The van der Waals surface area contributed by atoms with Crippen LogP contribution in [0.1, 0.15) is 56.5 Å². The van der Waals surface area contributed by atoms with Crippen LogP contribution in [0.2, 0.25) is 0 Å². The smallest absolute Gasteiger partial charge is 0.407 e. The molecule has 3 rings (SSSR count). The molecule has 0 radical (unpaired) electrons. The van der Waals surface area contributed by atoms with Gasteiger partial charge in [0.1, 0.15) is 5.60 Å². The van der Waals surface area contributed by atoms with Crippen LogP contribution >= 0.6 is 0 Å². The van der Waals surface area contributed by atoms with Crippen LogP contribution in [0.15, 0.2) is 48.5 Å². The van der Waals surface area contributed by atoms with E-state index in [1.807, 2.05) is 39.0 Å². The predicted molar refractivity (Wildman–Crippen MR) is 137 cm³/mol. The Morgan fingerprint density at radius 2 is 1.82 bits per heavy atom. The molecule has 0 atom stereocenters. The first-order valence-electron chi connectivity index (χ1n) is 11.5. The summed E-state index contributed by atoms with van der Waals surface area (Å²) < 4.78 is 5.46. The number of nitrogens with two attached hydrogens (primary N) is 1. The third-order valence-electron chi connectivity index (χ3n) is 5.27. The van der Waals surface area contributed by atoms with Gasteiger partial charge in [0.05, 0.1) is 5.52 Å². The zero-order valence-corrected chi connectivity index (χ0v) is 20.6. The van der Waals surface area contributed by atoms with Gasteiger partial charge in [0.15, 0.2) is 0 Å². The first-order valence-corrected chi connectivity index (χ1v) is 11.5. The number of nitrogens with one attached hydrogen (secondary N) is 1. The minimum Gasteiger partial charge on any atom is -0.444 e. The van der Waals surface area contributed by atoms with Crippen molar-refractivity contribution in [3.8, 4) is 11.1 Å². The van der Waals surface area contributed by atoms with Crippen LogP contribution in [0.3, 0.4) is 0 Å². The molecule has 6 heteroatoms. The Morgan fingerprint density at radius 3 is 2.44 bits per heavy atom. The van der Waals surface area contributed by atoms with E-state index < -0.39 is 17.6 Å². The molecule has 0 aliphatic carbocycles. The summed E-state index contributed by atoms with van der Waals surface area (Å²) in [6.07, 6.45) is 4.27. The van der Waals surface area contributed by atoms with Crippen LogP contribution in [0.25, 0.3) is 28.1 Å². The summed E-state index contributed by atoms with van der Waals surface area (Å²) in [4.78, 5) is 28.6. The minimum atomic E-state index is -0.584. The lowest BCUT2D eigenvalue weighted by molar-refractivity contribution is -0.113. The second-order valence-corrected chi connectivity index (χ2v) is 9.40. The van der Waals surface area contributed by atoms with Crippen LogP contribution in [0.5, 0.6) is 0 Å². The Morgan fingerprint density at radius 1 is 1.12 bits per heavy atom. The van der Waals surface area contributed by atoms with Crippen molar-refractivity contribution in [3.05, 3.63) is 70.9 Å². The summed E-state index contributed by atoms with van der Waals surface area (Å²) in [6.45, 7) is 9.97. The molecule has 0 bridgehead atoms. The number of hydrogen-bond donors (Lipinski definition) is 2. The summed E-state index contributed by atoms with van der Waals surface area (Å²) in [5.74, 6) is -0.502. The van der Waals surface area contributed by atoms with Crippen LogP contribution in [0.4, 0.5) is 4.79 Å². The fourth-order valence-electron chi connectivity index (χ4n) is 3.81. The number of hydrogen-bond acceptors (Lipinski definition) is 4. The number of nitrogens with zero attached hydrogens (tertiary/aromatic N) is 1. The molecule has 1 heterocycles. The highest BCUT2D eigenvalue weighted by Gasteiger charge is 2.20. The largest absolute Gasteiger partial charge is 0.444 e. The number of alkyl carbamates (subject to hydrolysis) is 1. The number of primary amides is 1. The zero-order valence-electron chi connectivity index (χ0n) is 20.6. The molecule has 0 saturated carbocycles. The molecule has 0 spiro atoms. The zero-order chi connectivity index (χ0) is 24.9. The van der Waals surface area contributed by atoms with E-state index in [9.17, 15) is 9.59 Å². The van der Waals surface area contributed by atoms with Crippen molar-refractivity contribution < 1.29 is 14.3 Å². The Labute approximate surface area is 201 Å². The maximum absolute atomic E-state index is 12.5. The Bertz CT molecular complexity index is 1220. The van der Waals surface area contributed by atoms with E-state index in [2.05, 4.69) is 43.4 Å². The number of benzene rings is 2. The van der Waals surface area contributed by atoms with Gasteiger partial charge < -0.3 is 15.8 Å². The number of amides is 2. The second kappa shape index (κ2) is 10.5. The molecule has 0 aliphatic rings. The summed E-state index contributed by atoms with van der Waals surface area (Å²) in [5.41, 5.74) is 11.5. The Hall–Kier alpha value is -3.67. The number of aromatic nitrogens is 1. The Balaban J connectivity index is 2.21. The van der Waals surface area contributed by atoms with Gasteiger partial charge in [-0.3, -0.25) is 9.78 Å². The molecule has 2 aromatic carbocycles. The molecule has 3 N–H and O–H groups in total. The number of ether oxygens (including phenoxy) is 1. The summed E-state index contributed by atoms with van der Waals surface area (Å²) in [7, 11) is 0. The molecule has 0 aliphatic heterocycles. The van der Waals surface area contributed by atoms with Crippen molar-refractivity contribution in [2.24, 2.45) is 5.73 Å². The van der Waals surface area contributed by atoms with Crippen molar-refractivity contribution in [2.75, 3.05) is 0 Å². The average Bonchev–Trinajstić information content (AvgIpc) is 2.75. The van der Waals surface area contributed by atoms with Crippen LogP contribution in [0, 0.1) is 6.92 Å². The molecule has 1 aromatic heterocycles. The lowest BCUT2D eigenvalue weighted by Gasteiger charge is -2.22. The van der Waals surface area contributed by atoms with Gasteiger partial charge in [-0.1, -0.05) is 49.2 Å². The van der Waals surface area contributed by atoms with Crippen molar-refractivity contribution in [1.29, 1.82) is 0 Å². The van der Waals surface area contributed by atoms with Crippen molar-refractivity contribution >= 4 is 29.0 Å². The Kier molecular flexibility index (Phi) is 7.72. The van der Waals surface area contributed by atoms with Gasteiger partial charge in [-0.15, -0.1) is 0 Å². The molecular weight excluding hydrogens is 426 g/mol. The fourth-order valence-corrected chi connectivity index (χ4v) is 3.81. The van der Waals surface area contributed by atoms with E-state index in [-0.39, 0.29) is 6.54 Å². The first-order chi connectivity index (χ1) is 16.1. The van der Waals surface area contributed by atoms with Gasteiger partial charge in [0, 0.05) is 29.3 Å². The number of pyridine rings is 1. The molecule has 0 unspecified atom stereocenters. The molecule has 34 heavy (non-hydrogen) atoms. The van der Waals surface area contributed by atoms with E-state index in [0.29, 0.717) is 0 Å². The molecule has 0 saturated heterocycles. The number of carbonyl (C=O) groups excluding carboxylic acids is 2. The lowest BCUT2D eigenvalue weighted by Crippen LogP contribution is -2.32. The van der Waals surface area contributed by atoms with E-state index in [0.717, 1.165) is 57.3 Å². The number of rotatable bonds is 7. The van der Waals surface area contributed by atoms with Gasteiger partial charge in [0.25, 0.3) is 0 Å². The molecule has 2 amide bonds. The third kappa shape index (κ3) is 6.44. The number of carbonyl (C=O) groups is 2. The lowest BCUT2D eigenvalue weighted by atomic mass is 9.91. The first kappa shape index (κ1) is 25.0. The quantitative estimate of drug-likeness (QED) is 0.444. The molecule has 178 valence electrons. The summed E-state index contributed by atoms with van der Waals surface area (Å²) >= 11 is 0. The molecule has 3 aromatic rings. The van der Waals surface area contributed by atoms with E-state index in [1.165, 1.54) is 6.08 Å². The van der Waals surface area contributed by atoms with Crippen LogP contribution in [-0.2, 0) is 22.5 Å². The van der Waals surface area contributed by atoms with Crippen LogP contribution in [-0.4, -0.2) is 22.6 Å². The summed E-state index contributed by atoms with van der Waals surface area (Å²) in [5, 5.41) is 3.86. The van der Waals surface area contributed by atoms with Gasteiger partial charge in [0.2, 0.25) is 5.91 Å². The van der Waals surface area contributed by atoms with Crippen LogP contribution < -0.4 is 11.1 Å². The standard InChI is InChI=1S/C28H33N3O3/c1-6-7-23-22(17-30-27(33)34-28(3,4)5)26(20-12-8-18(2)9-13-20)21-16-19(11-15-25(29)32)10-14-24(21)31-23/h8-16H,6-7,17H2,1-5H3,(H2,29,32)(H,30,33). The van der Waals surface area contributed by atoms with Gasteiger partial charge in [-0.2, -0.15) is 0 Å². The van der Waals surface area contributed by atoms with Crippen molar-refractivity contribution in [1.82, 2.24) is 10.3 Å². The highest BCUT2D eigenvalue weighted by Crippen LogP contribution is 2.35. The molecular formula is C28H33N3O3. The normalized spacial score (nSPS) is 11.7. The van der Waals surface area contributed by atoms with E-state index in [4.69, 9.17) is 15.5 Å². The van der Waals surface area contributed by atoms with Crippen molar-refractivity contribution in [2.45, 2.75) is 59.6 Å². The molecule has 6 nitrogen and oxygen atoms in total. The monoisotopic (exact) mass is 459 g/mol. The average molecular weight is 460 g/mol. The van der Waals surface area contributed by atoms with E-state index in [1.54, 1.807) is 6.08 Å². The third-order valence-corrected chi connectivity index (χ3v) is 5.27. The topological polar surface area (TPSA) is 94.3 Å². The highest BCUT2D eigenvalue weighted by atomic mass is 16.6. The molecule has 0 fully saturated rings. The summed E-state index contributed by atoms with van der Waals surface area (Å²) in [6, 6.07) is 14.2. The van der Waals surface area contributed by atoms with Gasteiger partial charge >= 0.3 is 6.09 Å². The second-order valence-electron chi connectivity index (χ2n) is 9.40. The highest BCUT2D eigenvalue weighted by molar-refractivity contribution is 5.98. The van der Waals surface area contributed by atoms with Crippen molar-refractivity contribution in [3.63, 3.8) is 0 Å². The maximum atomic E-state index is 12.5. The predicted octanol–water partition coefficient (Wildman–Crippen LogP) is 5.69. The van der Waals surface area contributed by atoms with Gasteiger partial charge in [-0.25, -0.2) is 4.79 Å². The van der Waals surface area contributed by atoms with E-state index >= 15 is 0 Å². The number of aryl methyl sites for hydroxylation is 2. The van der Waals surface area contributed by atoms with Gasteiger partial charge in [-0.05, 0) is 69.0 Å². The maximum Gasteiger partial charge on any atom is 0.407 e.